The third-order valence-electron chi connectivity index (χ3n) is 4.32. The number of nitrogens with zero attached hydrogens (tertiary/aromatic N) is 1. The molecule has 2 aromatic heterocycles. The molecule has 2 heterocycles. The average molecular weight is 487 g/mol. The Balaban J connectivity index is 1.42. The zero-order valence-corrected chi connectivity index (χ0v) is 18.2. The molecule has 0 bridgehead atoms. The molecule has 0 unspecified atom stereocenters. The Morgan fingerprint density at radius 2 is 1.67 bits per heavy atom. The van der Waals surface area contributed by atoms with Crippen LogP contribution in [0.5, 0.6) is 0 Å². The first-order valence-electron chi connectivity index (χ1n) is 9.32. The van der Waals surface area contributed by atoms with E-state index in [1.165, 1.54) is 36.6 Å². The molecule has 0 saturated heterocycles. The largest absolute Gasteiger partial charge is 0.461 e. The second-order valence-corrected chi connectivity index (χ2v) is 8.66. The lowest BCUT2D eigenvalue weighted by Crippen LogP contribution is -2.41. The van der Waals surface area contributed by atoms with Gasteiger partial charge in [-0.1, -0.05) is 35.0 Å². The summed E-state index contributed by atoms with van der Waals surface area (Å²) in [4.78, 5) is 24.5. The molecule has 0 aliphatic heterocycles. The van der Waals surface area contributed by atoms with Crippen LogP contribution in [0.25, 0.3) is 11.5 Å². The van der Waals surface area contributed by atoms with Crippen LogP contribution in [0.3, 0.4) is 0 Å². The Labute approximate surface area is 192 Å². The van der Waals surface area contributed by atoms with Crippen molar-refractivity contribution in [2.24, 2.45) is 0 Å². The number of hydrogen-bond donors (Lipinski definition) is 3. The fraction of sp³-hybridized carbons (Fsp3) is 0. The zero-order chi connectivity index (χ0) is 23.4. The van der Waals surface area contributed by atoms with Crippen LogP contribution >= 0.6 is 11.6 Å². The molecule has 0 fully saturated rings. The first-order valence-corrected chi connectivity index (χ1v) is 11.2. The van der Waals surface area contributed by atoms with Crippen molar-refractivity contribution in [2.45, 2.75) is 4.90 Å². The summed E-state index contributed by atoms with van der Waals surface area (Å²) in [6.07, 6.45) is 1.44. The first-order chi connectivity index (χ1) is 15.8. The number of benzene rings is 2. The van der Waals surface area contributed by atoms with Gasteiger partial charge in [0, 0.05) is 11.6 Å². The number of amides is 2. The topological polar surface area (TPSA) is 144 Å². The van der Waals surface area contributed by atoms with Crippen molar-refractivity contribution in [1.82, 2.24) is 16.0 Å². The highest BCUT2D eigenvalue weighted by Gasteiger charge is 2.19. The van der Waals surface area contributed by atoms with Gasteiger partial charge in [-0.2, -0.15) is 0 Å². The molecule has 0 atom stereocenters. The van der Waals surface area contributed by atoms with Gasteiger partial charge in [0.05, 0.1) is 21.9 Å². The number of rotatable bonds is 6. The summed E-state index contributed by atoms with van der Waals surface area (Å²) >= 11 is 6.00. The normalized spacial score (nSPS) is 11.1. The number of carbonyl (C=O) groups is 2. The molecule has 2 amide bonds. The maximum Gasteiger partial charge on any atom is 0.291 e. The summed E-state index contributed by atoms with van der Waals surface area (Å²) in [6, 6.07) is 16.2. The molecule has 2 aromatic carbocycles. The van der Waals surface area contributed by atoms with Crippen LogP contribution in [-0.2, 0) is 10.0 Å². The molecule has 0 aliphatic rings. The summed E-state index contributed by atoms with van der Waals surface area (Å²) in [5.74, 6) is -0.864. The molecule has 168 valence electrons. The standard InChI is InChI=1S/C21H15ClN4O6S/c22-15-7-1-2-8-16(15)26-33(29,30)14-6-3-5-13(11-14)20(27)23-24-21(28)17-12-19(32-25-17)18-9-4-10-31-18/h1-12,26H,(H,23,27)(H,24,28). The Bertz CT molecular complexity index is 1420. The van der Waals surface area contributed by atoms with Crippen molar-refractivity contribution in [2.75, 3.05) is 4.72 Å². The number of anilines is 1. The highest BCUT2D eigenvalue weighted by molar-refractivity contribution is 7.92. The van der Waals surface area contributed by atoms with Crippen LogP contribution in [0.2, 0.25) is 5.02 Å². The van der Waals surface area contributed by atoms with Crippen LogP contribution in [-0.4, -0.2) is 25.4 Å². The molecule has 4 aromatic rings. The van der Waals surface area contributed by atoms with E-state index in [-0.39, 0.29) is 32.6 Å². The number of furan rings is 1. The monoisotopic (exact) mass is 486 g/mol. The van der Waals surface area contributed by atoms with Crippen molar-refractivity contribution < 1.29 is 26.9 Å². The average Bonchev–Trinajstić information content (AvgIpc) is 3.51. The fourth-order valence-corrected chi connectivity index (χ4v) is 4.08. The number of hydrazine groups is 1. The summed E-state index contributed by atoms with van der Waals surface area (Å²) < 4.78 is 37.9. The smallest absolute Gasteiger partial charge is 0.291 e. The molecule has 12 heteroatoms. The van der Waals surface area contributed by atoms with Gasteiger partial charge in [-0.3, -0.25) is 25.2 Å². The molecule has 0 aliphatic carbocycles. The van der Waals surface area contributed by atoms with Gasteiger partial charge < -0.3 is 8.94 Å². The first kappa shape index (κ1) is 22.1. The minimum absolute atomic E-state index is 0.00578. The number of para-hydroxylation sites is 1. The van der Waals surface area contributed by atoms with E-state index in [1.54, 1.807) is 30.3 Å². The molecule has 10 nitrogen and oxygen atoms in total. The van der Waals surface area contributed by atoms with E-state index in [0.717, 1.165) is 6.07 Å². The number of halogens is 1. The summed E-state index contributed by atoms with van der Waals surface area (Å²) in [5, 5.41) is 3.84. The molecule has 0 saturated carbocycles. The van der Waals surface area contributed by atoms with E-state index >= 15 is 0 Å². The van der Waals surface area contributed by atoms with Gasteiger partial charge in [-0.05, 0) is 42.5 Å². The van der Waals surface area contributed by atoms with Crippen LogP contribution < -0.4 is 15.6 Å². The predicted octanol–water partition coefficient (Wildman–Crippen LogP) is 3.46. The third-order valence-corrected chi connectivity index (χ3v) is 6.01. The Morgan fingerprint density at radius 3 is 2.42 bits per heavy atom. The lowest BCUT2D eigenvalue weighted by Gasteiger charge is -2.11. The number of nitrogens with one attached hydrogen (secondary N) is 3. The van der Waals surface area contributed by atoms with Gasteiger partial charge in [-0.25, -0.2) is 8.42 Å². The summed E-state index contributed by atoms with van der Waals surface area (Å²) in [6.45, 7) is 0. The van der Waals surface area contributed by atoms with Crippen LogP contribution in [0.4, 0.5) is 5.69 Å². The molecule has 4 rings (SSSR count). The molecular formula is C21H15ClN4O6S. The van der Waals surface area contributed by atoms with Gasteiger partial charge in [0.1, 0.15) is 0 Å². The van der Waals surface area contributed by atoms with Gasteiger partial charge in [-0.15, -0.1) is 0 Å². The van der Waals surface area contributed by atoms with E-state index in [4.69, 9.17) is 20.5 Å². The Morgan fingerprint density at radius 1 is 0.879 bits per heavy atom. The number of sulfonamides is 1. The Kier molecular flexibility index (Phi) is 6.16. The Hall–Kier alpha value is -4.09. The summed E-state index contributed by atoms with van der Waals surface area (Å²) in [5.41, 5.74) is 4.48. The SMILES string of the molecule is O=C(NNC(=O)c1cc(-c2ccco2)on1)c1cccc(S(=O)(=O)Nc2ccccc2Cl)c1. The second-order valence-electron chi connectivity index (χ2n) is 6.58. The number of carbonyl (C=O) groups excluding carboxylic acids is 2. The van der Waals surface area contributed by atoms with E-state index in [2.05, 4.69) is 20.7 Å². The summed E-state index contributed by atoms with van der Waals surface area (Å²) in [7, 11) is -4.02. The van der Waals surface area contributed by atoms with Crippen molar-refractivity contribution in [1.29, 1.82) is 0 Å². The van der Waals surface area contributed by atoms with Gasteiger partial charge in [0.2, 0.25) is 5.76 Å². The zero-order valence-electron chi connectivity index (χ0n) is 16.6. The maximum atomic E-state index is 12.7. The second kappa shape index (κ2) is 9.18. The fourth-order valence-electron chi connectivity index (χ4n) is 2.72. The number of hydrogen-bond acceptors (Lipinski definition) is 7. The highest BCUT2D eigenvalue weighted by Crippen LogP contribution is 2.24. The van der Waals surface area contributed by atoms with E-state index in [0.29, 0.717) is 5.76 Å². The van der Waals surface area contributed by atoms with Gasteiger partial charge in [0.25, 0.3) is 21.8 Å². The van der Waals surface area contributed by atoms with Gasteiger partial charge >= 0.3 is 0 Å². The van der Waals surface area contributed by atoms with Gasteiger partial charge in [0.15, 0.2) is 11.5 Å². The molecule has 0 spiro atoms. The van der Waals surface area contributed by atoms with Crippen molar-refractivity contribution in [3.05, 3.63) is 89.3 Å². The van der Waals surface area contributed by atoms with E-state index < -0.39 is 21.8 Å². The third kappa shape index (κ3) is 5.05. The number of aromatic nitrogens is 1. The minimum atomic E-state index is -4.02. The van der Waals surface area contributed by atoms with E-state index in [9.17, 15) is 18.0 Å². The van der Waals surface area contributed by atoms with Crippen molar-refractivity contribution in [3.63, 3.8) is 0 Å². The lowest BCUT2D eigenvalue weighted by atomic mass is 10.2. The highest BCUT2D eigenvalue weighted by atomic mass is 35.5. The minimum Gasteiger partial charge on any atom is -0.461 e. The predicted molar refractivity (Wildman–Crippen MR) is 118 cm³/mol. The van der Waals surface area contributed by atoms with Crippen LogP contribution in [0, 0.1) is 0 Å². The molecule has 33 heavy (non-hydrogen) atoms. The molecule has 0 radical (unpaired) electrons. The molecule has 3 N–H and O–H groups in total. The molecular weight excluding hydrogens is 472 g/mol. The van der Waals surface area contributed by atoms with Crippen molar-refractivity contribution in [3.8, 4) is 11.5 Å². The quantitative estimate of drug-likeness (QED) is 0.354. The maximum absolute atomic E-state index is 12.7. The van der Waals surface area contributed by atoms with Crippen LogP contribution in [0.1, 0.15) is 20.8 Å². The van der Waals surface area contributed by atoms with Crippen LogP contribution in [0.15, 0.2) is 86.8 Å². The van der Waals surface area contributed by atoms with Crippen molar-refractivity contribution >= 4 is 39.1 Å². The van der Waals surface area contributed by atoms with E-state index in [1.807, 2.05) is 0 Å². The lowest BCUT2D eigenvalue weighted by molar-refractivity contribution is 0.0841.